The summed E-state index contributed by atoms with van der Waals surface area (Å²) in [4.78, 5) is 17.7. The Kier molecular flexibility index (Phi) is 7.71. The number of aliphatic imine (C=N–C) groups is 1. The maximum Gasteiger partial charge on any atom is 0.573 e. The summed E-state index contributed by atoms with van der Waals surface area (Å²) in [7, 11) is 0. The molecule has 0 unspecified atom stereocenters. The molecule has 1 heterocycles. The highest BCUT2D eigenvalue weighted by Gasteiger charge is 2.30. The number of anilines is 2. The van der Waals surface area contributed by atoms with Crippen LogP contribution in [0, 0.1) is 0 Å². The summed E-state index contributed by atoms with van der Waals surface area (Å²) < 4.78 is 40.3. The molecule has 2 aromatic carbocycles. The highest BCUT2D eigenvalue weighted by Crippen LogP contribution is 2.24. The van der Waals surface area contributed by atoms with Crippen molar-refractivity contribution in [2.24, 2.45) is 10.7 Å². The van der Waals surface area contributed by atoms with E-state index in [1.165, 1.54) is 24.3 Å². The van der Waals surface area contributed by atoms with Gasteiger partial charge in [-0.15, -0.1) is 37.1 Å². The van der Waals surface area contributed by atoms with Crippen molar-refractivity contribution in [2.45, 2.75) is 25.7 Å². The Morgan fingerprint density at radius 2 is 1.79 bits per heavy atom. The number of alkyl halides is 3. The number of rotatable bonds is 5. The monoisotopic (exact) mass is 520 g/mol. The van der Waals surface area contributed by atoms with Crippen LogP contribution in [0.4, 0.5) is 24.5 Å². The normalized spacial score (nSPS) is 14.5. The van der Waals surface area contributed by atoms with Crippen LogP contribution in [-0.4, -0.2) is 24.8 Å². The third-order valence-electron chi connectivity index (χ3n) is 4.11. The number of carbonyl (C=O) groups is 1. The van der Waals surface area contributed by atoms with Gasteiger partial charge in [0.05, 0.1) is 6.54 Å². The van der Waals surface area contributed by atoms with E-state index in [0.717, 1.165) is 24.2 Å². The summed E-state index contributed by atoms with van der Waals surface area (Å²) in [6, 6.07) is 12.7. The Labute approximate surface area is 182 Å². The molecule has 1 amide bonds. The fourth-order valence-corrected chi connectivity index (χ4v) is 2.81. The van der Waals surface area contributed by atoms with Crippen LogP contribution >= 0.6 is 24.0 Å². The highest BCUT2D eigenvalue weighted by molar-refractivity contribution is 14.0. The topological polar surface area (TPSA) is 80.0 Å². The van der Waals surface area contributed by atoms with Gasteiger partial charge in [0.1, 0.15) is 5.75 Å². The minimum atomic E-state index is -4.73. The maximum atomic E-state index is 12.1. The zero-order valence-corrected chi connectivity index (χ0v) is 17.6. The molecule has 1 aliphatic rings. The van der Waals surface area contributed by atoms with E-state index in [9.17, 15) is 18.0 Å². The largest absolute Gasteiger partial charge is 0.573 e. The Hall–Kier alpha value is -2.50. The molecule has 0 saturated carbocycles. The molecular formula is C19H20F3IN4O2. The zero-order chi connectivity index (χ0) is 20.1. The molecule has 156 valence electrons. The predicted octanol–water partition coefficient (Wildman–Crippen LogP) is 4.26. The number of nitrogens with zero attached hydrogens (tertiary/aromatic N) is 2. The van der Waals surface area contributed by atoms with E-state index in [0.29, 0.717) is 18.7 Å². The van der Waals surface area contributed by atoms with Gasteiger partial charge in [0.25, 0.3) is 0 Å². The van der Waals surface area contributed by atoms with E-state index < -0.39 is 6.36 Å². The van der Waals surface area contributed by atoms with E-state index in [2.05, 4.69) is 15.0 Å². The Morgan fingerprint density at radius 1 is 1.14 bits per heavy atom. The molecule has 10 heteroatoms. The molecular weight excluding hydrogens is 500 g/mol. The van der Waals surface area contributed by atoms with Crippen molar-refractivity contribution in [2.75, 3.05) is 16.8 Å². The second-order valence-corrected chi connectivity index (χ2v) is 6.21. The summed E-state index contributed by atoms with van der Waals surface area (Å²) in [5, 5.41) is 2.80. The molecule has 0 bridgehead atoms. The molecule has 0 atom stereocenters. The van der Waals surface area contributed by atoms with E-state index in [1.54, 1.807) is 4.90 Å². The number of ether oxygens (including phenoxy) is 1. The first-order chi connectivity index (χ1) is 13.3. The van der Waals surface area contributed by atoms with Crippen LogP contribution in [0.5, 0.6) is 5.75 Å². The summed E-state index contributed by atoms with van der Waals surface area (Å²) >= 11 is 0. The number of nitrogens with one attached hydrogen (secondary N) is 1. The maximum absolute atomic E-state index is 12.1. The average molecular weight is 520 g/mol. The van der Waals surface area contributed by atoms with Crippen LogP contribution in [0.3, 0.4) is 0 Å². The van der Waals surface area contributed by atoms with Crippen molar-refractivity contribution in [1.29, 1.82) is 0 Å². The number of carbonyl (C=O) groups excluding carboxylic acids is 1. The lowest BCUT2D eigenvalue weighted by atomic mass is 10.2. The minimum Gasteiger partial charge on any atom is -0.406 e. The van der Waals surface area contributed by atoms with Crippen LogP contribution in [0.2, 0.25) is 0 Å². The van der Waals surface area contributed by atoms with Gasteiger partial charge in [0, 0.05) is 24.3 Å². The summed E-state index contributed by atoms with van der Waals surface area (Å²) in [6.45, 7) is 1.06. The van der Waals surface area contributed by atoms with E-state index >= 15 is 0 Å². The standard InChI is InChI=1S/C19H19F3N4O2.HI/c20-19(21,22)28-16-9-5-14(6-10-16)25-18(23)24-12-13-3-7-15(8-4-13)26-11-1-2-17(26)27;/h3-10H,1-2,11-12H2,(H3,23,24,25);1H. The summed E-state index contributed by atoms with van der Waals surface area (Å²) in [5.74, 6) is -0.0562. The summed E-state index contributed by atoms with van der Waals surface area (Å²) in [6.07, 6.45) is -3.28. The van der Waals surface area contributed by atoms with Crippen molar-refractivity contribution in [3.05, 3.63) is 54.1 Å². The first-order valence-corrected chi connectivity index (χ1v) is 8.62. The van der Waals surface area contributed by atoms with Crippen LogP contribution in [-0.2, 0) is 11.3 Å². The lowest BCUT2D eigenvalue weighted by molar-refractivity contribution is -0.274. The summed E-state index contributed by atoms with van der Waals surface area (Å²) in [5.41, 5.74) is 8.08. The van der Waals surface area contributed by atoms with Gasteiger partial charge in [-0.2, -0.15) is 0 Å². The first-order valence-electron chi connectivity index (χ1n) is 8.62. The van der Waals surface area contributed by atoms with Gasteiger partial charge in [-0.25, -0.2) is 4.99 Å². The predicted molar refractivity (Wildman–Crippen MR) is 116 cm³/mol. The molecule has 0 aliphatic carbocycles. The molecule has 1 saturated heterocycles. The third-order valence-corrected chi connectivity index (χ3v) is 4.11. The quantitative estimate of drug-likeness (QED) is 0.351. The number of hydrogen-bond acceptors (Lipinski definition) is 3. The second kappa shape index (κ2) is 9.81. The Morgan fingerprint density at radius 3 is 2.34 bits per heavy atom. The fraction of sp³-hybridized carbons (Fsp3) is 0.263. The van der Waals surface area contributed by atoms with Crippen LogP contribution < -0.4 is 20.7 Å². The molecule has 29 heavy (non-hydrogen) atoms. The van der Waals surface area contributed by atoms with E-state index in [4.69, 9.17) is 5.73 Å². The van der Waals surface area contributed by atoms with Gasteiger partial charge in [-0.1, -0.05) is 12.1 Å². The molecule has 3 N–H and O–H groups in total. The van der Waals surface area contributed by atoms with Gasteiger partial charge in [-0.05, 0) is 48.4 Å². The van der Waals surface area contributed by atoms with Gasteiger partial charge in [0.2, 0.25) is 5.91 Å². The number of halogens is 4. The fourth-order valence-electron chi connectivity index (χ4n) is 2.81. The van der Waals surface area contributed by atoms with Crippen LogP contribution in [0.1, 0.15) is 18.4 Å². The zero-order valence-electron chi connectivity index (χ0n) is 15.3. The smallest absolute Gasteiger partial charge is 0.406 e. The van der Waals surface area contributed by atoms with Crippen LogP contribution in [0.15, 0.2) is 53.5 Å². The molecule has 0 radical (unpaired) electrons. The first kappa shape index (κ1) is 22.8. The lowest BCUT2D eigenvalue weighted by Gasteiger charge is -2.15. The lowest BCUT2D eigenvalue weighted by Crippen LogP contribution is -2.23. The molecule has 2 aromatic rings. The SMILES string of the molecule is I.NC(=NCc1ccc(N2CCCC2=O)cc1)Nc1ccc(OC(F)(F)F)cc1. The molecule has 6 nitrogen and oxygen atoms in total. The van der Waals surface area contributed by atoms with Gasteiger partial charge in [-0.3, -0.25) is 4.79 Å². The molecule has 1 fully saturated rings. The van der Waals surface area contributed by atoms with Gasteiger partial charge in [0.15, 0.2) is 5.96 Å². The number of nitrogens with two attached hydrogens (primary N) is 1. The van der Waals surface area contributed by atoms with Crippen molar-refractivity contribution >= 4 is 47.2 Å². The minimum absolute atomic E-state index is 0. The molecule has 3 rings (SSSR count). The Balaban J connectivity index is 0.00000300. The average Bonchev–Trinajstić information content (AvgIpc) is 3.07. The number of guanidine groups is 1. The highest BCUT2D eigenvalue weighted by atomic mass is 127. The molecule has 1 aliphatic heterocycles. The molecule has 0 aromatic heterocycles. The third kappa shape index (κ3) is 6.80. The van der Waals surface area contributed by atoms with Crippen molar-refractivity contribution in [3.63, 3.8) is 0 Å². The van der Waals surface area contributed by atoms with E-state index in [-0.39, 0.29) is 41.6 Å². The molecule has 0 spiro atoms. The number of benzene rings is 2. The Bertz CT molecular complexity index is 855. The number of amides is 1. The van der Waals surface area contributed by atoms with Gasteiger partial charge >= 0.3 is 6.36 Å². The van der Waals surface area contributed by atoms with Crippen molar-refractivity contribution in [1.82, 2.24) is 0 Å². The van der Waals surface area contributed by atoms with Crippen molar-refractivity contribution < 1.29 is 22.7 Å². The van der Waals surface area contributed by atoms with Crippen molar-refractivity contribution in [3.8, 4) is 5.75 Å². The van der Waals surface area contributed by atoms with Crippen LogP contribution in [0.25, 0.3) is 0 Å². The second-order valence-electron chi connectivity index (χ2n) is 6.21. The van der Waals surface area contributed by atoms with Gasteiger partial charge < -0.3 is 20.7 Å². The van der Waals surface area contributed by atoms with E-state index in [1.807, 2.05) is 24.3 Å². The number of hydrogen-bond donors (Lipinski definition) is 2.